The lowest BCUT2D eigenvalue weighted by atomic mass is 10.2. The molecule has 2 aromatic rings. The number of hydrogen-bond acceptors (Lipinski definition) is 5. The van der Waals surface area contributed by atoms with Crippen molar-refractivity contribution in [3.63, 3.8) is 0 Å². The van der Waals surface area contributed by atoms with Crippen LogP contribution in [0.5, 0.6) is 17.2 Å². The molecular formula is C19H23N3O4. The number of para-hydroxylation sites is 1. The highest BCUT2D eigenvalue weighted by atomic mass is 16.5. The van der Waals surface area contributed by atoms with Crippen molar-refractivity contribution in [2.45, 2.75) is 19.8 Å². The molecule has 0 saturated carbocycles. The summed E-state index contributed by atoms with van der Waals surface area (Å²) in [5.41, 5.74) is 3.38. The summed E-state index contributed by atoms with van der Waals surface area (Å²) in [5.74, 6) is 1.05. The van der Waals surface area contributed by atoms with E-state index in [-0.39, 0.29) is 5.75 Å². The Hall–Kier alpha value is -3.22. The molecule has 26 heavy (non-hydrogen) atoms. The molecule has 7 nitrogen and oxygen atoms in total. The number of hydrogen-bond donors (Lipinski definition) is 3. The number of carbonyl (C=O) groups is 1. The summed E-state index contributed by atoms with van der Waals surface area (Å²) in [5, 5.41) is 16.4. The SMILES string of the molecule is CCCCOc1ccc(NC(=O)NN=Cc2cccc(OC)c2O)cc1. The van der Waals surface area contributed by atoms with Crippen LogP contribution in [-0.4, -0.2) is 31.1 Å². The fourth-order valence-electron chi connectivity index (χ4n) is 2.10. The maximum Gasteiger partial charge on any atom is 0.339 e. The highest BCUT2D eigenvalue weighted by Crippen LogP contribution is 2.27. The quantitative estimate of drug-likeness (QED) is 0.381. The summed E-state index contributed by atoms with van der Waals surface area (Å²) in [4.78, 5) is 11.9. The Morgan fingerprint density at radius 2 is 2.00 bits per heavy atom. The number of amides is 2. The number of unbranched alkanes of at least 4 members (excludes halogenated alkanes) is 1. The Balaban J connectivity index is 1.85. The van der Waals surface area contributed by atoms with E-state index in [4.69, 9.17) is 9.47 Å². The number of hydrazone groups is 1. The first-order valence-electron chi connectivity index (χ1n) is 8.33. The second-order valence-corrected chi connectivity index (χ2v) is 5.45. The van der Waals surface area contributed by atoms with Crippen molar-refractivity contribution in [1.29, 1.82) is 0 Å². The average Bonchev–Trinajstić information content (AvgIpc) is 2.65. The molecular weight excluding hydrogens is 334 g/mol. The Bertz CT molecular complexity index is 745. The van der Waals surface area contributed by atoms with Crippen molar-refractivity contribution in [3.8, 4) is 17.2 Å². The monoisotopic (exact) mass is 357 g/mol. The van der Waals surface area contributed by atoms with Crippen LogP contribution >= 0.6 is 0 Å². The first-order chi connectivity index (χ1) is 12.6. The number of ether oxygens (including phenoxy) is 2. The van der Waals surface area contributed by atoms with Gasteiger partial charge in [0.1, 0.15) is 5.75 Å². The second-order valence-electron chi connectivity index (χ2n) is 5.45. The summed E-state index contributed by atoms with van der Waals surface area (Å²) in [6.45, 7) is 2.78. The van der Waals surface area contributed by atoms with E-state index < -0.39 is 6.03 Å². The van der Waals surface area contributed by atoms with E-state index in [1.165, 1.54) is 13.3 Å². The number of urea groups is 1. The number of carbonyl (C=O) groups excluding carboxylic acids is 1. The van der Waals surface area contributed by atoms with Crippen LogP contribution in [0.3, 0.4) is 0 Å². The van der Waals surface area contributed by atoms with Crippen LogP contribution in [0.25, 0.3) is 0 Å². The maximum atomic E-state index is 11.9. The van der Waals surface area contributed by atoms with E-state index in [1.807, 2.05) is 0 Å². The van der Waals surface area contributed by atoms with E-state index in [0.717, 1.165) is 18.6 Å². The molecule has 0 aliphatic carbocycles. The van der Waals surface area contributed by atoms with Gasteiger partial charge in [0, 0.05) is 11.3 Å². The molecule has 0 aliphatic rings. The highest BCUT2D eigenvalue weighted by molar-refractivity contribution is 5.91. The third kappa shape index (κ3) is 5.70. The smallest absolute Gasteiger partial charge is 0.339 e. The number of rotatable bonds is 8. The molecule has 0 heterocycles. The standard InChI is InChI=1S/C19H23N3O4/c1-3-4-12-26-16-10-8-15(9-11-16)21-19(24)22-20-13-14-6-5-7-17(25-2)18(14)23/h5-11,13,23H,3-4,12H2,1-2H3,(H2,21,22,24). The van der Waals surface area contributed by atoms with E-state index in [2.05, 4.69) is 22.8 Å². The van der Waals surface area contributed by atoms with Crippen LogP contribution in [-0.2, 0) is 0 Å². The number of aromatic hydroxyl groups is 1. The van der Waals surface area contributed by atoms with Crippen LogP contribution in [0.4, 0.5) is 10.5 Å². The molecule has 0 bridgehead atoms. The predicted molar refractivity (Wildman–Crippen MR) is 101 cm³/mol. The lowest BCUT2D eigenvalue weighted by Crippen LogP contribution is -2.24. The molecule has 0 spiro atoms. The van der Waals surface area contributed by atoms with Crippen molar-refractivity contribution in [3.05, 3.63) is 48.0 Å². The third-order valence-electron chi connectivity index (χ3n) is 3.50. The molecule has 0 atom stereocenters. The highest BCUT2D eigenvalue weighted by Gasteiger charge is 2.05. The molecule has 0 saturated heterocycles. The van der Waals surface area contributed by atoms with Crippen molar-refractivity contribution in [1.82, 2.24) is 5.43 Å². The van der Waals surface area contributed by atoms with Gasteiger partial charge in [0.25, 0.3) is 0 Å². The van der Waals surface area contributed by atoms with Gasteiger partial charge in [-0.3, -0.25) is 0 Å². The fraction of sp³-hybridized carbons (Fsp3) is 0.263. The molecule has 0 aromatic heterocycles. The Morgan fingerprint density at radius 3 is 2.69 bits per heavy atom. The van der Waals surface area contributed by atoms with Gasteiger partial charge in [-0.25, -0.2) is 10.2 Å². The van der Waals surface area contributed by atoms with Crippen LogP contribution in [0.1, 0.15) is 25.3 Å². The number of phenols is 1. The predicted octanol–water partition coefficient (Wildman–Crippen LogP) is 3.74. The molecule has 0 aliphatic heterocycles. The first kappa shape index (κ1) is 19.1. The second kappa shape index (κ2) is 9.93. The summed E-state index contributed by atoms with van der Waals surface area (Å²) in [7, 11) is 1.46. The molecule has 3 N–H and O–H groups in total. The van der Waals surface area contributed by atoms with Gasteiger partial charge < -0.3 is 19.9 Å². The van der Waals surface area contributed by atoms with E-state index in [9.17, 15) is 9.90 Å². The minimum absolute atomic E-state index is 0.0420. The summed E-state index contributed by atoms with van der Waals surface area (Å²) in [6, 6.07) is 11.6. The number of nitrogens with one attached hydrogen (secondary N) is 2. The van der Waals surface area contributed by atoms with Gasteiger partial charge in [-0.1, -0.05) is 19.4 Å². The maximum absolute atomic E-state index is 11.9. The van der Waals surface area contributed by atoms with Crippen molar-refractivity contribution in [2.75, 3.05) is 19.0 Å². The largest absolute Gasteiger partial charge is 0.504 e. The number of anilines is 1. The summed E-state index contributed by atoms with van der Waals surface area (Å²) >= 11 is 0. The normalized spacial score (nSPS) is 10.5. The third-order valence-corrected chi connectivity index (χ3v) is 3.50. The lowest BCUT2D eigenvalue weighted by Gasteiger charge is -2.08. The van der Waals surface area contributed by atoms with Crippen LogP contribution in [0, 0.1) is 0 Å². The lowest BCUT2D eigenvalue weighted by molar-refractivity contribution is 0.252. The van der Waals surface area contributed by atoms with Gasteiger partial charge in [-0.15, -0.1) is 0 Å². The van der Waals surface area contributed by atoms with Crippen LogP contribution in [0.15, 0.2) is 47.6 Å². The van der Waals surface area contributed by atoms with Gasteiger partial charge in [0.15, 0.2) is 11.5 Å². The molecule has 0 radical (unpaired) electrons. The number of benzene rings is 2. The average molecular weight is 357 g/mol. The van der Waals surface area contributed by atoms with Crippen LogP contribution in [0.2, 0.25) is 0 Å². The molecule has 2 amide bonds. The number of methoxy groups -OCH3 is 1. The van der Waals surface area contributed by atoms with Crippen molar-refractivity contribution in [2.24, 2.45) is 5.10 Å². The van der Waals surface area contributed by atoms with Gasteiger partial charge in [0.05, 0.1) is 19.9 Å². The zero-order valence-electron chi connectivity index (χ0n) is 14.9. The Labute approximate surface area is 152 Å². The zero-order valence-corrected chi connectivity index (χ0v) is 14.9. The molecule has 138 valence electrons. The van der Waals surface area contributed by atoms with Crippen molar-refractivity contribution < 1.29 is 19.4 Å². The number of phenolic OH excluding ortho intramolecular Hbond substituents is 1. The Kier molecular flexibility index (Phi) is 7.30. The zero-order chi connectivity index (χ0) is 18.8. The summed E-state index contributed by atoms with van der Waals surface area (Å²) in [6.07, 6.45) is 3.42. The molecule has 0 unspecified atom stereocenters. The minimum atomic E-state index is -0.497. The van der Waals surface area contributed by atoms with Gasteiger partial charge in [0.2, 0.25) is 0 Å². The first-order valence-corrected chi connectivity index (χ1v) is 8.33. The van der Waals surface area contributed by atoms with Gasteiger partial charge in [-0.05, 0) is 42.8 Å². The topological polar surface area (TPSA) is 92.2 Å². The van der Waals surface area contributed by atoms with Gasteiger partial charge in [-0.2, -0.15) is 5.10 Å². The number of nitrogens with zero attached hydrogens (tertiary/aromatic N) is 1. The van der Waals surface area contributed by atoms with Crippen molar-refractivity contribution >= 4 is 17.9 Å². The molecule has 2 rings (SSSR count). The van der Waals surface area contributed by atoms with Gasteiger partial charge >= 0.3 is 6.03 Å². The van der Waals surface area contributed by atoms with E-state index in [0.29, 0.717) is 23.6 Å². The Morgan fingerprint density at radius 1 is 1.23 bits per heavy atom. The van der Waals surface area contributed by atoms with Crippen LogP contribution < -0.4 is 20.2 Å². The molecule has 2 aromatic carbocycles. The molecule has 0 fully saturated rings. The summed E-state index contributed by atoms with van der Waals surface area (Å²) < 4.78 is 10.6. The van der Waals surface area contributed by atoms with E-state index >= 15 is 0 Å². The molecule has 7 heteroatoms. The van der Waals surface area contributed by atoms with E-state index in [1.54, 1.807) is 42.5 Å². The fourth-order valence-corrected chi connectivity index (χ4v) is 2.10. The minimum Gasteiger partial charge on any atom is -0.504 e.